The molecular weight excluding hydrogens is 374 g/mol. The van der Waals surface area contributed by atoms with Crippen LogP contribution in [0.4, 0.5) is 0 Å². The summed E-state index contributed by atoms with van der Waals surface area (Å²) in [5, 5.41) is 19.4. The largest absolute Gasteiger partial charge is 0.364 e. The number of nitrogens with one attached hydrogen (secondary N) is 1. The normalized spacial score (nSPS) is 13.0. The zero-order chi connectivity index (χ0) is 20.2. The van der Waals surface area contributed by atoms with Crippen LogP contribution >= 0.6 is 12.4 Å². The Hall–Kier alpha value is -0.130. The van der Waals surface area contributed by atoms with Crippen molar-refractivity contribution in [2.75, 3.05) is 6.54 Å². The lowest BCUT2D eigenvalue weighted by molar-refractivity contribution is -0.243. The van der Waals surface area contributed by atoms with Crippen LogP contribution in [0.25, 0.3) is 0 Å². The highest BCUT2D eigenvalue weighted by atomic mass is 35.5. The molecule has 0 amide bonds. The summed E-state index contributed by atoms with van der Waals surface area (Å²) < 4.78 is 0. The summed E-state index contributed by atoms with van der Waals surface area (Å²) in [4.78, 5) is 5.32. The van der Waals surface area contributed by atoms with Crippen molar-refractivity contribution < 1.29 is 15.1 Å². The van der Waals surface area contributed by atoms with Crippen LogP contribution in [0.1, 0.15) is 117 Å². The lowest BCUT2D eigenvalue weighted by atomic mass is 10.0. The Kier molecular flexibility index (Phi) is 23.2. The van der Waals surface area contributed by atoms with Crippen molar-refractivity contribution in [3.63, 3.8) is 0 Å². The van der Waals surface area contributed by atoms with Crippen LogP contribution in [0.15, 0.2) is 12.2 Å². The summed E-state index contributed by atoms with van der Waals surface area (Å²) in [6.45, 7) is 6.23. The summed E-state index contributed by atoms with van der Waals surface area (Å²) in [5.74, 6) is -1.79. The number of allylic oxidation sites excluding steroid dienone is 2. The number of aliphatic hydroxyl groups is 2. The van der Waals surface area contributed by atoms with E-state index in [1.54, 1.807) is 0 Å². The third kappa shape index (κ3) is 20.6. The molecule has 0 aromatic rings. The number of hydroxylamine groups is 1. The molecule has 0 rings (SSSR count). The van der Waals surface area contributed by atoms with Gasteiger partial charge in [0.05, 0.1) is 0 Å². The molecule has 5 heteroatoms. The molecule has 28 heavy (non-hydrogen) atoms. The number of hydrogen-bond donors (Lipinski definition) is 3. The Balaban J connectivity index is 0. The first-order chi connectivity index (χ1) is 13.0. The summed E-state index contributed by atoms with van der Waals surface area (Å²) >= 11 is 0. The number of rotatable bonds is 20. The van der Waals surface area contributed by atoms with Gasteiger partial charge in [0.25, 0.3) is 0 Å². The third-order valence-electron chi connectivity index (χ3n) is 4.96. The van der Waals surface area contributed by atoms with E-state index in [2.05, 4.69) is 24.6 Å². The fraction of sp³-hybridized carbons (Fsp3) is 0.913. The van der Waals surface area contributed by atoms with E-state index in [4.69, 9.17) is 4.84 Å². The molecule has 0 aliphatic rings. The van der Waals surface area contributed by atoms with Gasteiger partial charge in [0.2, 0.25) is 0 Å². The Labute approximate surface area is 180 Å². The second-order valence-electron chi connectivity index (χ2n) is 7.92. The smallest absolute Gasteiger partial charge is 0.188 e. The van der Waals surface area contributed by atoms with Crippen molar-refractivity contribution in [3.8, 4) is 0 Å². The van der Waals surface area contributed by atoms with E-state index in [0.717, 1.165) is 12.8 Å². The van der Waals surface area contributed by atoms with Crippen molar-refractivity contribution in [1.82, 2.24) is 5.48 Å². The summed E-state index contributed by atoms with van der Waals surface area (Å²) in [7, 11) is 0. The van der Waals surface area contributed by atoms with Crippen molar-refractivity contribution in [2.45, 2.75) is 129 Å². The first-order valence-corrected chi connectivity index (χ1v) is 11.5. The molecule has 170 valence electrons. The molecule has 1 unspecified atom stereocenters. The standard InChI is InChI=1S/C23H47NO3.ClH/c1-4-6-7-8-9-10-11-12-13-14-15-16-17-18-19-20-21-22(23(3,25)26)27-24-5-2;/h12-13,22,24-26H,4-11,14-21H2,1-3H3;1H/b13-12-;. The molecule has 0 aromatic heterocycles. The molecule has 1 atom stereocenters. The van der Waals surface area contributed by atoms with Gasteiger partial charge in [-0.1, -0.05) is 90.2 Å². The molecule has 4 nitrogen and oxygen atoms in total. The SMILES string of the molecule is CCCCCCCC/C=C\CCCCCCCCC(ONCC)C(C)(O)O.Cl. The molecule has 0 saturated heterocycles. The van der Waals surface area contributed by atoms with E-state index in [-0.39, 0.29) is 12.4 Å². The van der Waals surface area contributed by atoms with E-state index < -0.39 is 11.9 Å². The van der Waals surface area contributed by atoms with Gasteiger partial charge in [-0.2, -0.15) is 0 Å². The van der Waals surface area contributed by atoms with Gasteiger partial charge in [0.15, 0.2) is 5.79 Å². The van der Waals surface area contributed by atoms with Crippen LogP contribution in [-0.4, -0.2) is 28.6 Å². The van der Waals surface area contributed by atoms with Gasteiger partial charge in [0.1, 0.15) is 6.10 Å². The van der Waals surface area contributed by atoms with Gasteiger partial charge in [-0.15, -0.1) is 12.4 Å². The van der Waals surface area contributed by atoms with E-state index in [0.29, 0.717) is 13.0 Å². The molecule has 0 radical (unpaired) electrons. The van der Waals surface area contributed by atoms with Gasteiger partial charge < -0.3 is 10.2 Å². The van der Waals surface area contributed by atoms with Gasteiger partial charge in [-0.05, 0) is 39.0 Å². The van der Waals surface area contributed by atoms with E-state index in [9.17, 15) is 10.2 Å². The minimum absolute atomic E-state index is 0. The molecule has 0 heterocycles. The Morgan fingerprint density at radius 1 is 0.786 bits per heavy atom. The first kappa shape index (κ1) is 30.1. The van der Waals surface area contributed by atoms with Crippen molar-refractivity contribution in [3.05, 3.63) is 12.2 Å². The molecule has 3 N–H and O–H groups in total. The average molecular weight is 422 g/mol. The predicted molar refractivity (Wildman–Crippen MR) is 123 cm³/mol. The van der Waals surface area contributed by atoms with Crippen molar-refractivity contribution >= 4 is 12.4 Å². The lowest BCUT2D eigenvalue weighted by Crippen LogP contribution is -2.43. The molecule has 0 aliphatic heterocycles. The predicted octanol–water partition coefficient (Wildman–Crippen LogP) is 6.45. The zero-order valence-corrected chi connectivity index (χ0v) is 19.6. The summed E-state index contributed by atoms with van der Waals surface area (Å²) in [6, 6.07) is 0. The van der Waals surface area contributed by atoms with E-state index in [1.165, 1.54) is 84.0 Å². The highest BCUT2D eigenvalue weighted by Gasteiger charge is 2.29. The third-order valence-corrected chi connectivity index (χ3v) is 4.96. The summed E-state index contributed by atoms with van der Waals surface area (Å²) in [5.41, 5.74) is 2.73. The number of halogens is 1. The maximum atomic E-state index is 9.71. The quantitative estimate of drug-likeness (QED) is 0.0914. The topological polar surface area (TPSA) is 61.7 Å². The maximum absolute atomic E-state index is 9.71. The van der Waals surface area contributed by atoms with Gasteiger partial charge in [0, 0.05) is 6.54 Å². The van der Waals surface area contributed by atoms with Gasteiger partial charge in [-0.3, -0.25) is 4.84 Å². The van der Waals surface area contributed by atoms with Gasteiger partial charge in [-0.25, -0.2) is 5.48 Å². The first-order valence-electron chi connectivity index (χ1n) is 11.5. The number of hydrogen-bond acceptors (Lipinski definition) is 4. The lowest BCUT2D eigenvalue weighted by Gasteiger charge is -2.27. The minimum atomic E-state index is -1.79. The maximum Gasteiger partial charge on any atom is 0.188 e. The van der Waals surface area contributed by atoms with Crippen LogP contribution in [-0.2, 0) is 4.84 Å². The second kappa shape index (κ2) is 21.6. The molecule has 0 aromatic carbocycles. The highest BCUT2D eigenvalue weighted by Crippen LogP contribution is 2.17. The molecule has 0 fully saturated rings. The average Bonchev–Trinajstić information content (AvgIpc) is 2.62. The molecule has 0 spiro atoms. The van der Waals surface area contributed by atoms with Crippen LogP contribution in [0.2, 0.25) is 0 Å². The molecule has 0 bridgehead atoms. The number of unbranched alkanes of at least 4 members (excludes halogenated alkanes) is 12. The van der Waals surface area contributed by atoms with Crippen LogP contribution < -0.4 is 5.48 Å². The van der Waals surface area contributed by atoms with E-state index in [1.807, 2.05) is 6.92 Å². The van der Waals surface area contributed by atoms with Crippen LogP contribution in [0.3, 0.4) is 0 Å². The van der Waals surface area contributed by atoms with Crippen molar-refractivity contribution in [1.29, 1.82) is 0 Å². The van der Waals surface area contributed by atoms with Gasteiger partial charge >= 0.3 is 0 Å². The molecule has 0 saturated carbocycles. The Morgan fingerprint density at radius 3 is 1.71 bits per heavy atom. The van der Waals surface area contributed by atoms with Crippen molar-refractivity contribution in [2.24, 2.45) is 0 Å². The second-order valence-corrected chi connectivity index (χ2v) is 7.92. The van der Waals surface area contributed by atoms with E-state index >= 15 is 0 Å². The monoisotopic (exact) mass is 421 g/mol. The molecular formula is C23H48ClNO3. The Bertz CT molecular complexity index is 332. The fourth-order valence-electron chi connectivity index (χ4n) is 3.21. The molecule has 0 aliphatic carbocycles. The highest BCUT2D eigenvalue weighted by molar-refractivity contribution is 5.85. The van der Waals surface area contributed by atoms with Crippen LogP contribution in [0, 0.1) is 0 Å². The fourth-order valence-corrected chi connectivity index (χ4v) is 3.21. The van der Waals surface area contributed by atoms with Crippen LogP contribution in [0.5, 0.6) is 0 Å². The Morgan fingerprint density at radius 2 is 1.25 bits per heavy atom. The zero-order valence-electron chi connectivity index (χ0n) is 18.8. The summed E-state index contributed by atoms with van der Waals surface area (Å²) in [6.07, 6.45) is 22.7. The minimum Gasteiger partial charge on any atom is -0.364 e.